The molecule has 0 spiro atoms. The third-order valence-electron chi connectivity index (χ3n) is 4.23. The number of aromatic nitrogens is 3. The molecule has 5 nitrogen and oxygen atoms in total. The number of methoxy groups -OCH3 is 1. The number of rotatable bonds is 5. The van der Waals surface area contributed by atoms with Crippen LogP contribution in [0, 0.1) is 5.82 Å². The van der Waals surface area contributed by atoms with Crippen LogP contribution in [0.2, 0.25) is 0 Å². The van der Waals surface area contributed by atoms with E-state index in [0.29, 0.717) is 24.3 Å². The number of aromatic amines is 1. The quantitative estimate of drug-likeness (QED) is 0.580. The minimum atomic E-state index is -0.185. The lowest BCUT2D eigenvalue weighted by molar-refractivity contribution is 0.415. The van der Waals surface area contributed by atoms with Crippen molar-refractivity contribution in [2.24, 2.45) is 0 Å². The molecule has 0 saturated heterocycles. The molecule has 0 fully saturated rings. The summed E-state index contributed by atoms with van der Waals surface area (Å²) in [5.41, 5.74) is 3.31. The molecule has 0 aliphatic rings. The Balaban J connectivity index is 1.62. The molecule has 2 N–H and O–H groups in total. The molecule has 0 bridgehead atoms. The number of H-pyrrole nitrogens is 1. The molecule has 4 aromatic rings. The average molecular weight is 336 g/mol. The Bertz CT molecular complexity index is 1040. The van der Waals surface area contributed by atoms with E-state index in [1.807, 2.05) is 24.3 Å². The predicted molar refractivity (Wildman–Crippen MR) is 96.5 cm³/mol. The van der Waals surface area contributed by atoms with Gasteiger partial charge < -0.3 is 15.0 Å². The molecule has 126 valence electrons. The first kappa shape index (κ1) is 15.4. The molecular weight excluding hydrogens is 319 g/mol. The van der Waals surface area contributed by atoms with Gasteiger partial charge in [0, 0.05) is 17.4 Å². The van der Waals surface area contributed by atoms with E-state index in [9.17, 15) is 4.39 Å². The highest BCUT2D eigenvalue weighted by Crippen LogP contribution is 2.29. The van der Waals surface area contributed by atoms with Gasteiger partial charge in [-0.25, -0.2) is 14.4 Å². The number of fused-ring (bicyclic) bond motifs is 3. The lowest BCUT2D eigenvalue weighted by atomic mass is 10.1. The predicted octanol–water partition coefficient (Wildman–Crippen LogP) is 3.91. The van der Waals surface area contributed by atoms with Gasteiger partial charge in [0.15, 0.2) is 5.82 Å². The fourth-order valence-corrected chi connectivity index (χ4v) is 2.95. The summed E-state index contributed by atoms with van der Waals surface area (Å²) < 4.78 is 19.0. The second kappa shape index (κ2) is 6.39. The van der Waals surface area contributed by atoms with Crippen molar-refractivity contribution in [2.45, 2.75) is 6.42 Å². The lowest BCUT2D eigenvalue weighted by Gasteiger charge is -2.07. The summed E-state index contributed by atoms with van der Waals surface area (Å²) in [4.78, 5) is 12.0. The van der Waals surface area contributed by atoms with Crippen LogP contribution in [0.25, 0.3) is 21.9 Å². The molecule has 2 aromatic carbocycles. The summed E-state index contributed by atoms with van der Waals surface area (Å²) in [6.07, 6.45) is 2.10. The van der Waals surface area contributed by atoms with Crippen LogP contribution in [0.5, 0.6) is 5.75 Å². The van der Waals surface area contributed by atoms with Crippen molar-refractivity contribution >= 4 is 27.8 Å². The SMILES string of the molecule is COc1ccc2[nH]c3c(NCCc4ccccc4F)ncnc3c2c1. The van der Waals surface area contributed by atoms with Crippen molar-refractivity contribution in [3.8, 4) is 5.75 Å². The Morgan fingerprint density at radius 2 is 2.04 bits per heavy atom. The first-order chi connectivity index (χ1) is 12.3. The summed E-state index contributed by atoms with van der Waals surface area (Å²) >= 11 is 0. The molecule has 25 heavy (non-hydrogen) atoms. The summed E-state index contributed by atoms with van der Waals surface area (Å²) in [5, 5.41) is 4.25. The van der Waals surface area contributed by atoms with E-state index in [0.717, 1.165) is 27.7 Å². The molecule has 0 atom stereocenters. The molecule has 0 saturated carbocycles. The van der Waals surface area contributed by atoms with Crippen molar-refractivity contribution in [1.82, 2.24) is 15.0 Å². The van der Waals surface area contributed by atoms with Gasteiger partial charge >= 0.3 is 0 Å². The first-order valence-corrected chi connectivity index (χ1v) is 8.04. The zero-order valence-electron chi connectivity index (χ0n) is 13.7. The number of nitrogens with zero attached hydrogens (tertiary/aromatic N) is 2. The van der Waals surface area contributed by atoms with Gasteiger partial charge in [0.2, 0.25) is 0 Å². The summed E-state index contributed by atoms with van der Waals surface area (Å²) in [7, 11) is 1.64. The largest absolute Gasteiger partial charge is 0.497 e. The summed E-state index contributed by atoms with van der Waals surface area (Å²) in [6.45, 7) is 0.575. The molecule has 4 rings (SSSR count). The molecule has 6 heteroatoms. The molecule has 0 aliphatic heterocycles. The van der Waals surface area contributed by atoms with Crippen LogP contribution in [0.4, 0.5) is 10.2 Å². The van der Waals surface area contributed by atoms with E-state index in [1.165, 1.54) is 12.4 Å². The number of nitrogens with one attached hydrogen (secondary N) is 2. The van der Waals surface area contributed by atoms with Crippen LogP contribution in [0.15, 0.2) is 48.8 Å². The highest BCUT2D eigenvalue weighted by molar-refractivity contribution is 6.08. The lowest BCUT2D eigenvalue weighted by Crippen LogP contribution is -2.08. The second-order valence-corrected chi connectivity index (χ2v) is 5.75. The van der Waals surface area contributed by atoms with Gasteiger partial charge in [0.1, 0.15) is 28.9 Å². The Morgan fingerprint density at radius 3 is 2.88 bits per heavy atom. The van der Waals surface area contributed by atoms with E-state index in [-0.39, 0.29) is 5.82 Å². The van der Waals surface area contributed by atoms with Crippen LogP contribution in [-0.4, -0.2) is 28.6 Å². The second-order valence-electron chi connectivity index (χ2n) is 5.75. The smallest absolute Gasteiger partial charge is 0.153 e. The third kappa shape index (κ3) is 2.87. The number of ether oxygens (including phenoxy) is 1. The van der Waals surface area contributed by atoms with Crippen LogP contribution in [0.3, 0.4) is 0 Å². The van der Waals surface area contributed by atoms with Gasteiger partial charge in [-0.3, -0.25) is 0 Å². The van der Waals surface area contributed by atoms with Gasteiger partial charge in [-0.1, -0.05) is 18.2 Å². The van der Waals surface area contributed by atoms with Gasteiger partial charge in [-0.15, -0.1) is 0 Å². The third-order valence-corrected chi connectivity index (χ3v) is 4.23. The number of benzene rings is 2. The van der Waals surface area contributed by atoms with Gasteiger partial charge in [0.05, 0.1) is 7.11 Å². The van der Waals surface area contributed by atoms with Crippen LogP contribution < -0.4 is 10.1 Å². The van der Waals surface area contributed by atoms with Gasteiger partial charge in [-0.05, 0) is 36.2 Å². The Labute approximate surface area is 143 Å². The van der Waals surface area contributed by atoms with E-state index >= 15 is 0 Å². The Kier molecular flexibility index (Phi) is 3.93. The zero-order chi connectivity index (χ0) is 17.2. The minimum absolute atomic E-state index is 0.185. The molecule has 2 heterocycles. The van der Waals surface area contributed by atoms with E-state index in [1.54, 1.807) is 19.2 Å². The number of halogens is 1. The molecule has 0 unspecified atom stereocenters. The van der Waals surface area contributed by atoms with E-state index < -0.39 is 0 Å². The minimum Gasteiger partial charge on any atom is -0.497 e. The molecule has 2 aromatic heterocycles. The summed E-state index contributed by atoms with van der Waals surface area (Å²) in [5.74, 6) is 1.30. The maximum absolute atomic E-state index is 13.7. The Hall–Kier alpha value is -3.15. The van der Waals surface area contributed by atoms with E-state index in [2.05, 4.69) is 20.3 Å². The number of hydrogen-bond acceptors (Lipinski definition) is 4. The maximum Gasteiger partial charge on any atom is 0.153 e. The standard InChI is InChI=1S/C19H17FN4O/c1-25-13-6-7-16-14(10-13)17-18(24-16)19(23-11-22-17)21-9-8-12-4-2-3-5-15(12)20/h2-7,10-11,24H,8-9H2,1H3,(H,21,22,23). The van der Waals surface area contributed by atoms with Crippen LogP contribution in [-0.2, 0) is 6.42 Å². The average Bonchev–Trinajstić information content (AvgIpc) is 3.02. The number of hydrogen-bond donors (Lipinski definition) is 2. The molecule has 0 radical (unpaired) electrons. The van der Waals surface area contributed by atoms with Gasteiger partial charge in [0.25, 0.3) is 0 Å². The van der Waals surface area contributed by atoms with Crippen molar-refractivity contribution in [3.05, 3.63) is 60.2 Å². The first-order valence-electron chi connectivity index (χ1n) is 8.04. The normalized spacial score (nSPS) is 11.1. The Morgan fingerprint density at radius 1 is 1.16 bits per heavy atom. The molecular formula is C19H17FN4O. The van der Waals surface area contributed by atoms with E-state index in [4.69, 9.17) is 4.74 Å². The van der Waals surface area contributed by atoms with Crippen molar-refractivity contribution < 1.29 is 9.13 Å². The monoisotopic (exact) mass is 336 g/mol. The maximum atomic E-state index is 13.7. The van der Waals surface area contributed by atoms with Gasteiger partial charge in [-0.2, -0.15) is 0 Å². The fraction of sp³-hybridized carbons (Fsp3) is 0.158. The van der Waals surface area contributed by atoms with Crippen molar-refractivity contribution in [3.63, 3.8) is 0 Å². The topological polar surface area (TPSA) is 62.8 Å². The van der Waals surface area contributed by atoms with Crippen molar-refractivity contribution in [2.75, 3.05) is 19.0 Å². The fourth-order valence-electron chi connectivity index (χ4n) is 2.95. The number of anilines is 1. The zero-order valence-corrected chi connectivity index (χ0v) is 13.7. The molecule has 0 aliphatic carbocycles. The summed E-state index contributed by atoms with van der Waals surface area (Å²) in [6, 6.07) is 12.6. The molecule has 0 amide bonds. The van der Waals surface area contributed by atoms with Crippen LogP contribution in [0.1, 0.15) is 5.56 Å². The highest BCUT2D eigenvalue weighted by atomic mass is 19.1. The highest BCUT2D eigenvalue weighted by Gasteiger charge is 2.11. The van der Waals surface area contributed by atoms with Crippen LogP contribution >= 0.6 is 0 Å². The van der Waals surface area contributed by atoms with Crippen molar-refractivity contribution in [1.29, 1.82) is 0 Å².